The molecule has 0 unspecified atom stereocenters. The van der Waals surface area contributed by atoms with E-state index < -0.39 is 12.7 Å². The molecule has 0 aliphatic heterocycles. The van der Waals surface area contributed by atoms with Gasteiger partial charge in [0.2, 0.25) is 5.91 Å². The van der Waals surface area contributed by atoms with Crippen LogP contribution in [0.15, 0.2) is 24.3 Å². The van der Waals surface area contributed by atoms with Crippen LogP contribution in [0.5, 0.6) is 0 Å². The number of alkyl halides is 3. The van der Waals surface area contributed by atoms with Crippen LogP contribution < -0.4 is 5.32 Å². The van der Waals surface area contributed by atoms with Gasteiger partial charge in [0.05, 0.1) is 6.54 Å². The Balaban J connectivity index is 2.49. The van der Waals surface area contributed by atoms with Gasteiger partial charge in [-0.25, -0.2) is 0 Å². The van der Waals surface area contributed by atoms with Gasteiger partial charge in [-0.15, -0.1) is 0 Å². The van der Waals surface area contributed by atoms with E-state index in [4.69, 9.17) is 5.11 Å². The summed E-state index contributed by atoms with van der Waals surface area (Å²) in [6, 6.07) is 7.20. The van der Waals surface area contributed by atoms with Crippen LogP contribution in [0.25, 0.3) is 0 Å². The molecule has 7 heteroatoms. The van der Waals surface area contributed by atoms with E-state index in [0.29, 0.717) is 5.69 Å². The van der Waals surface area contributed by atoms with Gasteiger partial charge in [-0.05, 0) is 25.0 Å². The van der Waals surface area contributed by atoms with Gasteiger partial charge in [0, 0.05) is 31.8 Å². The van der Waals surface area contributed by atoms with Gasteiger partial charge in [-0.1, -0.05) is 18.2 Å². The highest BCUT2D eigenvalue weighted by atomic mass is 19.4. The second kappa shape index (κ2) is 8.75. The average Bonchev–Trinajstić information content (AvgIpc) is 2.43. The van der Waals surface area contributed by atoms with Crippen LogP contribution in [-0.2, 0) is 4.79 Å². The molecule has 124 valence electrons. The average molecular weight is 318 g/mol. The van der Waals surface area contributed by atoms with E-state index in [1.54, 1.807) is 12.1 Å². The fourth-order valence-corrected chi connectivity index (χ4v) is 2.00. The molecule has 0 saturated heterocycles. The molecule has 0 radical (unpaired) electrons. The molecular weight excluding hydrogens is 297 g/mol. The number of aliphatic hydroxyl groups is 1. The quantitative estimate of drug-likeness (QED) is 0.774. The Morgan fingerprint density at radius 3 is 2.55 bits per heavy atom. The van der Waals surface area contributed by atoms with E-state index in [9.17, 15) is 18.0 Å². The lowest BCUT2D eigenvalue weighted by Gasteiger charge is -2.23. The van der Waals surface area contributed by atoms with Crippen LogP contribution in [0, 0.1) is 6.92 Å². The van der Waals surface area contributed by atoms with Gasteiger partial charge in [0.25, 0.3) is 0 Å². The minimum absolute atomic E-state index is 0.00275. The fraction of sp³-hybridized carbons (Fsp3) is 0.533. The second-order valence-electron chi connectivity index (χ2n) is 5.08. The predicted molar refractivity (Wildman–Crippen MR) is 78.6 cm³/mol. The number of nitrogens with one attached hydrogen (secondary N) is 1. The lowest BCUT2D eigenvalue weighted by molar-refractivity contribution is -0.147. The molecule has 0 saturated carbocycles. The molecule has 0 aliphatic carbocycles. The summed E-state index contributed by atoms with van der Waals surface area (Å²) < 4.78 is 37.4. The molecule has 1 rings (SSSR count). The summed E-state index contributed by atoms with van der Waals surface area (Å²) in [4.78, 5) is 13.0. The van der Waals surface area contributed by atoms with Crippen molar-refractivity contribution in [1.29, 1.82) is 0 Å². The lowest BCUT2D eigenvalue weighted by atomic mass is 10.2. The van der Waals surface area contributed by atoms with Crippen LogP contribution in [0.2, 0.25) is 0 Å². The zero-order chi connectivity index (χ0) is 16.6. The maximum atomic E-state index is 12.5. The number of hydrogen-bond donors (Lipinski definition) is 2. The molecule has 0 atom stereocenters. The van der Waals surface area contributed by atoms with Crippen LogP contribution in [-0.4, -0.2) is 48.3 Å². The topological polar surface area (TPSA) is 52.6 Å². The predicted octanol–water partition coefficient (Wildman–Crippen LogP) is 2.57. The van der Waals surface area contributed by atoms with E-state index in [2.05, 4.69) is 5.32 Å². The van der Waals surface area contributed by atoms with Crippen molar-refractivity contribution in [3.8, 4) is 0 Å². The zero-order valence-corrected chi connectivity index (χ0v) is 12.5. The number of benzene rings is 1. The third-order valence-electron chi connectivity index (χ3n) is 3.11. The highest BCUT2D eigenvalue weighted by Crippen LogP contribution is 2.17. The molecular formula is C15H21F3N2O2. The molecule has 0 heterocycles. The van der Waals surface area contributed by atoms with E-state index in [-0.39, 0.29) is 38.4 Å². The van der Waals surface area contributed by atoms with Crippen LogP contribution in [0.1, 0.15) is 18.4 Å². The number of aliphatic hydroxyl groups excluding tert-OH is 1. The summed E-state index contributed by atoms with van der Waals surface area (Å²) in [5, 5.41) is 11.4. The molecule has 22 heavy (non-hydrogen) atoms. The summed E-state index contributed by atoms with van der Waals surface area (Å²) in [6.07, 6.45) is -4.10. The molecule has 0 bridgehead atoms. The molecule has 4 nitrogen and oxygen atoms in total. The summed E-state index contributed by atoms with van der Waals surface area (Å²) in [5.41, 5.74) is 1.55. The fourth-order valence-electron chi connectivity index (χ4n) is 2.00. The minimum atomic E-state index is -4.32. The number of carbonyl (C=O) groups is 1. The van der Waals surface area contributed by atoms with E-state index >= 15 is 0 Å². The van der Waals surface area contributed by atoms with Gasteiger partial charge in [0.15, 0.2) is 0 Å². The molecule has 0 fully saturated rings. The monoisotopic (exact) mass is 318 g/mol. The molecule has 1 amide bonds. The zero-order valence-electron chi connectivity index (χ0n) is 12.5. The highest BCUT2D eigenvalue weighted by Gasteiger charge is 2.30. The normalized spacial score (nSPS) is 11.7. The molecule has 0 aliphatic rings. The molecule has 0 aromatic heterocycles. The summed E-state index contributed by atoms with van der Waals surface area (Å²) in [5.74, 6) is -0.328. The Kier molecular flexibility index (Phi) is 7.34. The summed E-state index contributed by atoms with van der Waals surface area (Å²) >= 11 is 0. The van der Waals surface area contributed by atoms with Crippen molar-refractivity contribution in [3.63, 3.8) is 0 Å². The Bertz CT molecular complexity index is 478. The standard InChI is InChI=1S/C15H21F3N2O2/c1-12-5-2-3-6-13(12)19-14(22)7-9-20(8-4-10-21)11-15(16,17)18/h2-3,5-6,21H,4,7-11H2,1H3,(H,19,22). The second-order valence-corrected chi connectivity index (χ2v) is 5.08. The van der Waals surface area contributed by atoms with Crippen LogP contribution in [0.4, 0.5) is 18.9 Å². The summed E-state index contributed by atoms with van der Waals surface area (Å²) in [6.45, 7) is 0.687. The van der Waals surface area contributed by atoms with Crippen molar-refractivity contribution in [1.82, 2.24) is 4.90 Å². The van der Waals surface area contributed by atoms with E-state index in [0.717, 1.165) is 10.5 Å². The van der Waals surface area contributed by atoms with Gasteiger partial charge < -0.3 is 10.4 Å². The number of nitrogens with zero attached hydrogens (tertiary/aromatic N) is 1. The molecule has 2 N–H and O–H groups in total. The first-order valence-corrected chi connectivity index (χ1v) is 7.07. The maximum Gasteiger partial charge on any atom is 0.401 e. The van der Waals surface area contributed by atoms with E-state index in [1.165, 1.54) is 0 Å². The largest absolute Gasteiger partial charge is 0.401 e. The van der Waals surface area contributed by atoms with Gasteiger partial charge in [0.1, 0.15) is 0 Å². The number of rotatable bonds is 8. The van der Waals surface area contributed by atoms with Crippen molar-refractivity contribution < 1.29 is 23.1 Å². The number of carbonyl (C=O) groups excluding carboxylic acids is 1. The van der Waals surface area contributed by atoms with Gasteiger partial charge in [-0.3, -0.25) is 9.69 Å². The van der Waals surface area contributed by atoms with Gasteiger partial charge in [-0.2, -0.15) is 13.2 Å². The number of aryl methyl sites for hydroxylation is 1. The first-order chi connectivity index (χ1) is 10.3. The van der Waals surface area contributed by atoms with Crippen LogP contribution >= 0.6 is 0 Å². The molecule has 0 spiro atoms. The first-order valence-electron chi connectivity index (χ1n) is 7.07. The SMILES string of the molecule is Cc1ccccc1NC(=O)CCN(CCCO)CC(F)(F)F. The van der Waals surface area contributed by atoms with Crippen molar-refractivity contribution in [3.05, 3.63) is 29.8 Å². The van der Waals surface area contributed by atoms with Crippen molar-refractivity contribution in [2.45, 2.75) is 25.9 Å². The number of amides is 1. The van der Waals surface area contributed by atoms with Crippen molar-refractivity contribution in [2.24, 2.45) is 0 Å². The third kappa shape index (κ3) is 7.42. The minimum Gasteiger partial charge on any atom is -0.396 e. The number of para-hydroxylation sites is 1. The highest BCUT2D eigenvalue weighted by molar-refractivity contribution is 5.91. The van der Waals surface area contributed by atoms with Crippen molar-refractivity contribution >= 4 is 11.6 Å². The molecule has 1 aromatic carbocycles. The summed E-state index contributed by atoms with van der Waals surface area (Å²) in [7, 11) is 0. The Morgan fingerprint density at radius 2 is 1.95 bits per heavy atom. The van der Waals surface area contributed by atoms with Crippen LogP contribution in [0.3, 0.4) is 0 Å². The van der Waals surface area contributed by atoms with E-state index in [1.807, 2.05) is 19.1 Å². The van der Waals surface area contributed by atoms with Gasteiger partial charge >= 0.3 is 6.18 Å². The maximum absolute atomic E-state index is 12.5. The Labute approximate surface area is 127 Å². The lowest BCUT2D eigenvalue weighted by Crippen LogP contribution is -2.37. The Hall–Kier alpha value is -1.60. The number of anilines is 1. The third-order valence-corrected chi connectivity index (χ3v) is 3.11. The smallest absolute Gasteiger partial charge is 0.396 e. The number of hydrogen-bond acceptors (Lipinski definition) is 3. The van der Waals surface area contributed by atoms with Crippen molar-refractivity contribution in [2.75, 3.05) is 31.6 Å². The first kappa shape index (κ1) is 18.4. The number of halogens is 3. The Morgan fingerprint density at radius 1 is 1.27 bits per heavy atom. The molecule has 1 aromatic rings.